The molecule has 0 spiro atoms. The average molecular weight is 193 g/mol. The van der Waals surface area contributed by atoms with Crippen LogP contribution in [0.3, 0.4) is 0 Å². The van der Waals surface area contributed by atoms with Gasteiger partial charge in [0.15, 0.2) is 0 Å². The van der Waals surface area contributed by atoms with Gasteiger partial charge in [0.2, 0.25) is 0 Å². The molecule has 0 radical (unpaired) electrons. The van der Waals surface area contributed by atoms with E-state index in [4.69, 9.17) is 0 Å². The molecule has 1 saturated heterocycles. The van der Waals surface area contributed by atoms with E-state index in [1.807, 2.05) is 16.8 Å². The SMILES string of the molecule is O[C@@H]1CNC[C@H]1C#Cc1ccsc1. The third kappa shape index (κ3) is 2.10. The number of thiophene rings is 1. The van der Waals surface area contributed by atoms with Gasteiger partial charge in [-0.25, -0.2) is 0 Å². The monoisotopic (exact) mass is 193 g/mol. The number of nitrogens with one attached hydrogen (secondary N) is 1. The molecule has 13 heavy (non-hydrogen) atoms. The molecule has 2 rings (SSSR count). The summed E-state index contributed by atoms with van der Waals surface area (Å²) >= 11 is 1.64. The molecule has 0 bridgehead atoms. The van der Waals surface area contributed by atoms with Crippen LogP contribution in [0.5, 0.6) is 0 Å². The highest BCUT2D eigenvalue weighted by molar-refractivity contribution is 7.08. The number of hydrogen-bond donors (Lipinski definition) is 2. The van der Waals surface area contributed by atoms with Crippen molar-refractivity contribution < 1.29 is 5.11 Å². The summed E-state index contributed by atoms with van der Waals surface area (Å²) in [5.41, 5.74) is 1.05. The van der Waals surface area contributed by atoms with Crippen molar-refractivity contribution in [3.63, 3.8) is 0 Å². The van der Waals surface area contributed by atoms with E-state index in [1.54, 1.807) is 11.3 Å². The van der Waals surface area contributed by atoms with Gasteiger partial charge in [-0.2, -0.15) is 11.3 Å². The molecule has 1 aliphatic heterocycles. The number of aliphatic hydroxyl groups excluding tert-OH is 1. The Hall–Kier alpha value is -0.820. The lowest BCUT2D eigenvalue weighted by Crippen LogP contribution is -2.16. The van der Waals surface area contributed by atoms with Crippen molar-refractivity contribution in [3.05, 3.63) is 22.4 Å². The molecule has 68 valence electrons. The van der Waals surface area contributed by atoms with Crippen LogP contribution >= 0.6 is 11.3 Å². The van der Waals surface area contributed by atoms with Crippen LogP contribution in [0.15, 0.2) is 16.8 Å². The van der Waals surface area contributed by atoms with Gasteiger partial charge in [0.1, 0.15) is 0 Å². The summed E-state index contributed by atoms with van der Waals surface area (Å²) in [6, 6.07) is 1.99. The standard InChI is InChI=1S/C10H11NOS/c12-10-6-11-5-9(10)2-1-8-3-4-13-7-8/h3-4,7,9-12H,5-6H2/t9-,10-/m1/s1. The van der Waals surface area contributed by atoms with Crippen LogP contribution in [0.4, 0.5) is 0 Å². The number of hydrogen-bond acceptors (Lipinski definition) is 3. The summed E-state index contributed by atoms with van der Waals surface area (Å²) in [5.74, 6) is 6.23. The van der Waals surface area contributed by atoms with E-state index < -0.39 is 0 Å². The lowest BCUT2D eigenvalue weighted by molar-refractivity contribution is 0.171. The van der Waals surface area contributed by atoms with E-state index in [0.717, 1.165) is 12.1 Å². The van der Waals surface area contributed by atoms with Crippen LogP contribution in [-0.4, -0.2) is 24.3 Å². The fraction of sp³-hybridized carbons (Fsp3) is 0.400. The molecule has 2 nitrogen and oxygen atoms in total. The number of rotatable bonds is 0. The van der Waals surface area contributed by atoms with Crippen LogP contribution in [0.1, 0.15) is 5.56 Å². The molecular formula is C10H11NOS. The van der Waals surface area contributed by atoms with E-state index in [2.05, 4.69) is 17.2 Å². The Kier molecular flexibility index (Phi) is 2.65. The minimum absolute atomic E-state index is 0.0971. The third-order valence-electron chi connectivity index (χ3n) is 2.11. The lowest BCUT2D eigenvalue weighted by Gasteiger charge is -2.03. The Labute approximate surface area is 81.6 Å². The van der Waals surface area contributed by atoms with Crippen molar-refractivity contribution in [1.82, 2.24) is 5.32 Å². The Morgan fingerprint density at radius 1 is 1.54 bits per heavy atom. The van der Waals surface area contributed by atoms with Crippen molar-refractivity contribution >= 4 is 11.3 Å². The van der Waals surface area contributed by atoms with Crippen LogP contribution < -0.4 is 5.32 Å². The first-order valence-electron chi connectivity index (χ1n) is 4.29. The van der Waals surface area contributed by atoms with Gasteiger partial charge < -0.3 is 10.4 Å². The Bertz CT molecular complexity index is 322. The molecular weight excluding hydrogens is 182 g/mol. The second kappa shape index (κ2) is 3.93. The smallest absolute Gasteiger partial charge is 0.0814 e. The second-order valence-electron chi connectivity index (χ2n) is 3.11. The first-order chi connectivity index (χ1) is 6.36. The van der Waals surface area contributed by atoms with Crippen molar-refractivity contribution in [1.29, 1.82) is 0 Å². The molecule has 2 atom stereocenters. The fourth-order valence-corrected chi connectivity index (χ4v) is 1.91. The van der Waals surface area contributed by atoms with Gasteiger partial charge in [0.25, 0.3) is 0 Å². The van der Waals surface area contributed by atoms with Gasteiger partial charge in [-0.3, -0.25) is 0 Å². The minimum atomic E-state index is -0.300. The van der Waals surface area contributed by atoms with Gasteiger partial charge in [0.05, 0.1) is 12.0 Å². The summed E-state index contributed by atoms with van der Waals surface area (Å²) in [7, 11) is 0. The van der Waals surface area contributed by atoms with Crippen LogP contribution in [0.2, 0.25) is 0 Å². The van der Waals surface area contributed by atoms with Crippen LogP contribution in [-0.2, 0) is 0 Å². The fourth-order valence-electron chi connectivity index (χ4n) is 1.32. The van der Waals surface area contributed by atoms with E-state index in [-0.39, 0.29) is 12.0 Å². The maximum atomic E-state index is 9.46. The van der Waals surface area contributed by atoms with Gasteiger partial charge in [0, 0.05) is 24.0 Å². The summed E-state index contributed by atoms with van der Waals surface area (Å²) in [5, 5.41) is 16.6. The van der Waals surface area contributed by atoms with E-state index >= 15 is 0 Å². The highest BCUT2D eigenvalue weighted by Crippen LogP contribution is 2.08. The van der Waals surface area contributed by atoms with Gasteiger partial charge in [-0.05, 0) is 11.4 Å². The van der Waals surface area contributed by atoms with Crippen molar-refractivity contribution in [2.45, 2.75) is 6.10 Å². The average Bonchev–Trinajstić information content (AvgIpc) is 2.72. The Morgan fingerprint density at radius 2 is 2.46 bits per heavy atom. The molecule has 0 aromatic carbocycles. The maximum absolute atomic E-state index is 9.46. The highest BCUT2D eigenvalue weighted by Gasteiger charge is 2.22. The third-order valence-corrected chi connectivity index (χ3v) is 2.79. The lowest BCUT2D eigenvalue weighted by atomic mass is 10.1. The Morgan fingerprint density at radius 3 is 3.08 bits per heavy atom. The maximum Gasteiger partial charge on any atom is 0.0814 e. The second-order valence-corrected chi connectivity index (χ2v) is 3.89. The van der Waals surface area contributed by atoms with Crippen molar-refractivity contribution in [3.8, 4) is 11.8 Å². The molecule has 3 heteroatoms. The molecule has 1 fully saturated rings. The van der Waals surface area contributed by atoms with Gasteiger partial charge in [-0.1, -0.05) is 11.8 Å². The Balaban J connectivity index is 2.04. The van der Waals surface area contributed by atoms with Gasteiger partial charge in [-0.15, -0.1) is 0 Å². The molecule has 1 aromatic rings. The van der Waals surface area contributed by atoms with Crippen molar-refractivity contribution in [2.75, 3.05) is 13.1 Å². The molecule has 1 aromatic heterocycles. The quantitative estimate of drug-likeness (QED) is 0.594. The summed E-state index contributed by atoms with van der Waals surface area (Å²) in [4.78, 5) is 0. The molecule has 0 aliphatic carbocycles. The predicted molar refractivity (Wildman–Crippen MR) is 53.6 cm³/mol. The highest BCUT2D eigenvalue weighted by atomic mass is 32.1. The van der Waals surface area contributed by atoms with E-state index in [1.165, 1.54) is 0 Å². The zero-order chi connectivity index (χ0) is 9.10. The summed E-state index contributed by atoms with van der Waals surface area (Å²) in [6.07, 6.45) is -0.300. The van der Waals surface area contributed by atoms with Crippen molar-refractivity contribution in [2.24, 2.45) is 5.92 Å². The van der Waals surface area contributed by atoms with Gasteiger partial charge >= 0.3 is 0 Å². The molecule has 2 heterocycles. The molecule has 0 saturated carbocycles. The van der Waals surface area contributed by atoms with E-state index in [0.29, 0.717) is 6.54 Å². The summed E-state index contributed by atoms with van der Waals surface area (Å²) in [6.45, 7) is 1.47. The topological polar surface area (TPSA) is 32.3 Å². The summed E-state index contributed by atoms with van der Waals surface area (Å²) < 4.78 is 0. The molecule has 2 N–H and O–H groups in total. The molecule has 0 amide bonds. The first-order valence-corrected chi connectivity index (χ1v) is 5.23. The number of β-amino-alcohol motifs (C(OH)–C–C–N with tert-alkyl or cyclic N) is 1. The predicted octanol–water partition coefficient (Wildman–Crippen LogP) is 0.680. The number of aliphatic hydroxyl groups is 1. The normalized spacial score (nSPS) is 26.8. The van der Waals surface area contributed by atoms with Crippen LogP contribution in [0.25, 0.3) is 0 Å². The first kappa shape index (κ1) is 8.76. The zero-order valence-electron chi connectivity index (χ0n) is 7.16. The van der Waals surface area contributed by atoms with E-state index in [9.17, 15) is 5.11 Å². The van der Waals surface area contributed by atoms with Crippen LogP contribution in [0, 0.1) is 17.8 Å². The minimum Gasteiger partial charge on any atom is -0.390 e. The molecule has 1 aliphatic rings. The molecule has 0 unspecified atom stereocenters. The zero-order valence-corrected chi connectivity index (χ0v) is 7.97. The largest absolute Gasteiger partial charge is 0.390 e.